The summed E-state index contributed by atoms with van der Waals surface area (Å²) in [5.74, 6) is 1.04. The number of carbonyl (C=O) groups excluding carboxylic acids is 2. The molecule has 3 heterocycles. The minimum absolute atomic E-state index is 0.0340. The maximum Gasteiger partial charge on any atom is 0.264 e. The van der Waals surface area contributed by atoms with Crippen LogP contribution in [0.2, 0.25) is 0 Å². The number of sulfonamides is 1. The second-order valence-corrected chi connectivity index (χ2v) is 13.1. The van der Waals surface area contributed by atoms with Gasteiger partial charge in [-0.2, -0.15) is 9.29 Å². The Morgan fingerprint density at radius 1 is 0.878 bits per heavy atom. The second kappa shape index (κ2) is 11.7. The van der Waals surface area contributed by atoms with Crippen molar-refractivity contribution in [1.82, 2.24) is 19.3 Å². The SMILES string of the molecule is O=C1c2ccccc2C(=O)N1Cc1ccc(OCc2nc([C@@H]3CCCCN3S(=O)(=O)CC3CCCCC3)no2)cc1. The molecule has 1 atom stereocenters. The van der Waals surface area contributed by atoms with E-state index >= 15 is 0 Å². The molecule has 41 heavy (non-hydrogen) atoms. The molecule has 0 radical (unpaired) electrons. The highest BCUT2D eigenvalue weighted by Gasteiger charge is 2.38. The molecule has 0 bridgehead atoms. The Balaban J connectivity index is 1.06. The fourth-order valence-electron chi connectivity index (χ4n) is 6.11. The van der Waals surface area contributed by atoms with Crippen LogP contribution in [0, 0.1) is 5.92 Å². The maximum absolute atomic E-state index is 13.4. The molecule has 6 rings (SSSR count). The van der Waals surface area contributed by atoms with Crippen LogP contribution >= 0.6 is 0 Å². The summed E-state index contributed by atoms with van der Waals surface area (Å²) in [6.07, 6.45) is 7.76. The van der Waals surface area contributed by atoms with E-state index in [2.05, 4.69) is 10.1 Å². The van der Waals surface area contributed by atoms with Crippen molar-refractivity contribution in [3.8, 4) is 5.75 Å². The molecule has 10 nitrogen and oxygen atoms in total. The van der Waals surface area contributed by atoms with E-state index in [4.69, 9.17) is 9.26 Å². The highest BCUT2D eigenvalue weighted by Crippen LogP contribution is 2.34. The number of benzene rings is 2. The van der Waals surface area contributed by atoms with E-state index in [-0.39, 0.29) is 42.5 Å². The molecule has 1 saturated carbocycles. The van der Waals surface area contributed by atoms with Crippen molar-refractivity contribution >= 4 is 21.8 Å². The smallest absolute Gasteiger partial charge is 0.264 e. The first-order valence-corrected chi connectivity index (χ1v) is 16.0. The molecule has 216 valence electrons. The van der Waals surface area contributed by atoms with E-state index < -0.39 is 16.1 Å². The normalized spacial score (nSPS) is 20.4. The van der Waals surface area contributed by atoms with Gasteiger partial charge in [0.1, 0.15) is 5.75 Å². The minimum Gasteiger partial charge on any atom is -0.484 e. The molecule has 0 spiro atoms. The molecule has 0 N–H and O–H groups in total. The lowest BCUT2D eigenvalue weighted by Crippen LogP contribution is -2.41. The van der Waals surface area contributed by atoms with Crippen molar-refractivity contribution in [3.63, 3.8) is 0 Å². The van der Waals surface area contributed by atoms with Crippen molar-refractivity contribution in [2.24, 2.45) is 5.92 Å². The lowest BCUT2D eigenvalue weighted by Gasteiger charge is -2.34. The van der Waals surface area contributed by atoms with Crippen LogP contribution in [0.1, 0.15) is 95.4 Å². The Bertz CT molecular complexity index is 1480. The zero-order valence-corrected chi connectivity index (χ0v) is 23.7. The number of nitrogens with zero attached hydrogens (tertiary/aromatic N) is 4. The third kappa shape index (κ3) is 5.92. The molecule has 1 aromatic heterocycles. The van der Waals surface area contributed by atoms with Crippen LogP contribution in [0.15, 0.2) is 53.1 Å². The van der Waals surface area contributed by atoms with E-state index in [1.165, 1.54) is 11.3 Å². The fraction of sp³-hybridized carbons (Fsp3) is 0.467. The number of hydrogen-bond acceptors (Lipinski definition) is 8. The van der Waals surface area contributed by atoms with Gasteiger partial charge < -0.3 is 9.26 Å². The van der Waals surface area contributed by atoms with E-state index in [1.807, 2.05) is 0 Å². The summed E-state index contributed by atoms with van der Waals surface area (Å²) in [5, 5.41) is 4.12. The van der Waals surface area contributed by atoms with E-state index in [1.54, 1.807) is 52.8 Å². The van der Waals surface area contributed by atoms with Gasteiger partial charge in [-0.3, -0.25) is 14.5 Å². The average Bonchev–Trinajstić information content (AvgIpc) is 3.56. The Hall–Kier alpha value is -3.57. The highest BCUT2D eigenvalue weighted by atomic mass is 32.2. The molecule has 1 aliphatic carbocycles. The second-order valence-electron chi connectivity index (χ2n) is 11.1. The molecule has 11 heteroatoms. The fourth-order valence-corrected chi connectivity index (χ4v) is 8.22. The molecular weight excluding hydrogens is 544 g/mol. The zero-order chi connectivity index (χ0) is 28.4. The monoisotopic (exact) mass is 578 g/mol. The van der Waals surface area contributed by atoms with Crippen LogP contribution in [-0.4, -0.2) is 51.9 Å². The van der Waals surface area contributed by atoms with Gasteiger partial charge in [0.2, 0.25) is 10.0 Å². The van der Waals surface area contributed by atoms with Crippen molar-refractivity contribution in [3.05, 3.63) is 76.9 Å². The minimum atomic E-state index is -3.43. The quantitative estimate of drug-likeness (QED) is 0.329. The van der Waals surface area contributed by atoms with Crippen molar-refractivity contribution in [2.75, 3.05) is 12.3 Å². The number of imide groups is 1. The standard InChI is InChI=1S/C30H34N4O6S/c35-29-24-10-4-5-11-25(24)30(36)33(29)18-21-13-15-23(16-14-21)39-19-27-31-28(32-40-27)26-12-6-7-17-34(26)41(37,38)20-22-8-2-1-3-9-22/h4-5,10-11,13-16,22,26H,1-3,6-9,12,17-20H2/t26-/m0/s1. The van der Waals surface area contributed by atoms with Crippen LogP contribution < -0.4 is 4.74 Å². The van der Waals surface area contributed by atoms with Gasteiger partial charge in [0.25, 0.3) is 17.7 Å². The average molecular weight is 579 g/mol. The molecule has 3 aliphatic rings. The topological polar surface area (TPSA) is 123 Å². The van der Waals surface area contributed by atoms with Gasteiger partial charge in [0.05, 0.1) is 29.5 Å². The van der Waals surface area contributed by atoms with Crippen LogP contribution in [0.3, 0.4) is 0 Å². The van der Waals surface area contributed by atoms with Gasteiger partial charge in [-0.15, -0.1) is 0 Å². The summed E-state index contributed by atoms with van der Waals surface area (Å²) in [7, 11) is -3.43. The van der Waals surface area contributed by atoms with E-state index in [0.29, 0.717) is 35.7 Å². The third-order valence-electron chi connectivity index (χ3n) is 8.27. The Morgan fingerprint density at radius 3 is 2.27 bits per heavy atom. The number of amides is 2. The predicted octanol–water partition coefficient (Wildman–Crippen LogP) is 4.88. The number of carbonyl (C=O) groups is 2. The Morgan fingerprint density at radius 2 is 1.56 bits per heavy atom. The van der Waals surface area contributed by atoms with Gasteiger partial charge in [-0.05, 0) is 61.4 Å². The summed E-state index contributed by atoms with van der Waals surface area (Å²) in [6, 6.07) is 13.5. The summed E-state index contributed by atoms with van der Waals surface area (Å²) in [5.41, 5.74) is 1.64. The number of aromatic nitrogens is 2. The van der Waals surface area contributed by atoms with Crippen molar-refractivity contribution < 1.29 is 27.3 Å². The number of rotatable bonds is 9. The van der Waals surface area contributed by atoms with Gasteiger partial charge in [-0.1, -0.05) is 55.1 Å². The molecule has 3 aromatic rings. The van der Waals surface area contributed by atoms with Crippen molar-refractivity contribution in [1.29, 1.82) is 0 Å². The molecular formula is C30H34N4O6S. The lowest BCUT2D eigenvalue weighted by atomic mass is 9.91. The Kier molecular flexibility index (Phi) is 7.90. The number of piperidine rings is 1. The van der Waals surface area contributed by atoms with Gasteiger partial charge in [0.15, 0.2) is 12.4 Å². The first-order chi connectivity index (χ1) is 19.9. The van der Waals surface area contributed by atoms with Gasteiger partial charge in [0, 0.05) is 6.54 Å². The third-order valence-corrected chi connectivity index (χ3v) is 10.3. The Labute approximate surface area is 239 Å². The van der Waals surface area contributed by atoms with Gasteiger partial charge in [-0.25, -0.2) is 8.42 Å². The highest BCUT2D eigenvalue weighted by molar-refractivity contribution is 7.89. The van der Waals surface area contributed by atoms with E-state index in [0.717, 1.165) is 44.1 Å². The van der Waals surface area contributed by atoms with Gasteiger partial charge >= 0.3 is 0 Å². The zero-order valence-electron chi connectivity index (χ0n) is 22.9. The number of hydrogen-bond donors (Lipinski definition) is 0. The van der Waals surface area contributed by atoms with Crippen LogP contribution in [0.4, 0.5) is 0 Å². The number of ether oxygens (including phenoxy) is 1. The van der Waals surface area contributed by atoms with Crippen LogP contribution in [-0.2, 0) is 23.2 Å². The van der Waals surface area contributed by atoms with E-state index in [9.17, 15) is 18.0 Å². The largest absolute Gasteiger partial charge is 0.484 e. The maximum atomic E-state index is 13.4. The summed E-state index contributed by atoms with van der Waals surface area (Å²) in [6.45, 7) is 0.681. The predicted molar refractivity (Wildman–Crippen MR) is 149 cm³/mol. The lowest BCUT2D eigenvalue weighted by molar-refractivity contribution is 0.0642. The molecule has 2 amide bonds. The first kappa shape index (κ1) is 27.6. The summed E-state index contributed by atoms with van der Waals surface area (Å²) >= 11 is 0. The molecule has 1 saturated heterocycles. The molecule has 0 unspecified atom stereocenters. The van der Waals surface area contributed by atoms with Crippen LogP contribution in [0.5, 0.6) is 5.75 Å². The molecule has 2 aliphatic heterocycles. The first-order valence-electron chi connectivity index (χ1n) is 14.4. The number of fused-ring (bicyclic) bond motifs is 1. The molecule has 2 fully saturated rings. The summed E-state index contributed by atoms with van der Waals surface area (Å²) in [4.78, 5) is 31.0. The van der Waals surface area contributed by atoms with Crippen LogP contribution in [0.25, 0.3) is 0 Å². The summed E-state index contributed by atoms with van der Waals surface area (Å²) < 4.78 is 39.6. The van der Waals surface area contributed by atoms with Crippen molar-refractivity contribution in [2.45, 2.75) is 70.6 Å². The molecule has 2 aromatic carbocycles.